The van der Waals surface area contributed by atoms with Crippen LogP contribution in [0.1, 0.15) is 11.1 Å². The van der Waals surface area contributed by atoms with Crippen LogP contribution in [0.3, 0.4) is 0 Å². The number of hydrogen-bond acceptors (Lipinski definition) is 3. The first-order valence-corrected chi connectivity index (χ1v) is 6.38. The van der Waals surface area contributed by atoms with Crippen molar-refractivity contribution in [2.75, 3.05) is 0 Å². The maximum absolute atomic E-state index is 8.95. The predicted molar refractivity (Wildman–Crippen MR) is 74.5 cm³/mol. The van der Waals surface area contributed by atoms with Crippen molar-refractivity contribution < 1.29 is 9.84 Å². The Balaban J connectivity index is 2.15. The molecule has 0 aliphatic carbocycles. The fourth-order valence-corrected chi connectivity index (χ4v) is 2.08. The second-order valence-electron chi connectivity index (χ2n) is 3.86. The van der Waals surface area contributed by atoms with Gasteiger partial charge in [-0.2, -0.15) is 0 Å². The number of rotatable bonds is 4. The molecule has 0 unspecified atom stereocenters. The van der Waals surface area contributed by atoms with Gasteiger partial charge in [0.1, 0.15) is 11.5 Å². The number of aliphatic hydroxyl groups is 1. The average molecular weight is 308 g/mol. The first-order valence-electron chi connectivity index (χ1n) is 5.59. The molecule has 3 N–H and O–H groups in total. The summed E-state index contributed by atoms with van der Waals surface area (Å²) in [5, 5.41) is 8.95. The van der Waals surface area contributed by atoms with Gasteiger partial charge in [-0.15, -0.1) is 0 Å². The van der Waals surface area contributed by atoms with E-state index in [0.717, 1.165) is 27.1 Å². The first kappa shape index (κ1) is 13.1. The SMILES string of the molecule is NCc1ccc(Oc2ccc(CO)cc2)cc1Br. The number of ether oxygens (including phenoxy) is 1. The average Bonchev–Trinajstić information content (AvgIpc) is 2.40. The number of hydrogen-bond donors (Lipinski definition) is 2. The minimum Gasteiger partial charge on any atom is -0.457 e. The molecule has 3 nitrogen and oxygen atoms in total. The number of nitrogens with two attached hydrogens (primary N) is 1. The minimum atomic E-state index is 0.0387. The third-order valence-corrected chi connectivity index (χ3v) is 3.32. The van der Waals surface area contributed by atoms with Gasteiger partial charge >= 0.3 is 0 Å². The van der Waals surface area contributed by atoms with Gasteiger partial charge in [-0.3, -0.25) is 0 Å². The third kappa shape index (κ3) is 3.10. The lowest BCUT2D eigenvalue weighted by atomic mass is 10.2. The molecular weight excluding hydrogens is 294 g/mol. The van der Waals surface area contributed by atoms with E-state index in [1.807, 2.05) is 42.5 Å². The van der Waals surface area contributed by atoms with E-state index in [4.69, 9.17) is 15.6 Å². The summed E-state index contributed by atoms with van der Waals surface area (Å²) in [6.45, 7) is 0.531. The summed E-state index contributed by atoms with van der Waals surface area (Å²) in [5.41, 5.74) is 7.49. The van der Waals surface area contributed by atoms with Gasteiger partial charge in [0.05, 0.1) is 6.61 Å². The van der Waals surface area contributed by atoms with Gasteiger partial charge in [0, 0.05) is 11.0 Å². The zero-order valence-electron chi connectivity index (χ0n) is 9.77. The second-order valence-corrected chi connectivity index (χ2v) is 4.72. The lowest BCUT2D eigenvalue weighted by molar-refractivity contribution is 0.281. The molecule has 94 valence electrons. The van der Waals surface area contributed by atoms with Crippen molar-refractivity contribution in [3.63, 3.8) is 0 Å². The Labute approximate surface area is 114 Å². The van der Waals surface area contributed by atoms with Crippen LogP contribution >= 0.6 is 15.9 Å². The fraction of sp³-hybridized carbons (Fsp3) is 0.143. The molecule has 18 heavy (non-hydrogen) atoms. The Morgan fingerprint density at radius 2 is 1.72 bits per heavy atom. The van der Waals surface area contributed by atoms with Crippen molar-refractivity contribution in [2.24, 2.45) is 5.73 Å². The van der Waals surface area contributed by atoms with Crippen LogP contribution in [0.2, 0.25) is 0 Å². The smallest absolute Gasteiger partial charge is 0.128 e. The molecule has 0 aliphatic heterocycles. The molecule has 0 amide bonds. The van der Waals surface area contributed by atoms with Crippen LogP contribution in [0.15, 0.2) is 46.9 Å². The van der Waals surface area contributed by atoms with Crippen LogP contribution in [0.4, 0.5) is 0 Å². The second kappa shape index (κ2) is 6.00. The van der Waals surface area contributed by atoms with E-state index >= 15 is 0 Å². The molecule has 0 aliphatic rings. The molecule has 0 saturated carbocycles. The van der Waals surface area contributed by atoms with Crippen LogP contribution in [0, 0.1) is 0 Å². The zero-order chi connectivity index (χ0) is 13.0. The highest BCUT2D eigenvalue weighted by atomic mass is 79.9. The van der Waals surface area contributed by atoms with Gasteiger partial charge in [0.15, 0.2) is 0 Å². The molecule has 0 radical (unpaired) electrons. The molecule has 0 bridgehead atoms. The van der Waals surface area contributed by atoms with Crippen LogP contribution in [0.5, 0.6) is 11.5 Å². The highest BCUT2D eigenvalue weighted by Gasteiger charge is 2.02. The first-order chi connectivity index (χ1) is 8.72. The fourth-order valence-electron chi connectivity index (χ4n) is 1.56. The standard InChI is InChI=1S/C14H14BrNO2/c15-14-7-13(6-3-11(14)8-16)18-12-4-1-10(9-17)2-5-12/h1-7,17H,8-9,16H2. The molecule has 0 fully saturated rings. The summed E-state index contributed by atoms with van der Waals surface area (Å²) in [7, 11) is 0. The number of aliphatic hydroxyl groups excluding tert-OH is 1. The summed E-state index contributed by atoms with van der Waals surface area (Å²) in [4.78, 5) is 0. The lowest BCUT2D eigenvalue weighted by Crippen LogP contribution is -1.97. The molecule has 2 aromatic carbocycles. The molecule has 0 spiro atoms. The monoisotopic (exact) mass is 307 g/mol. The maximum Gasteiger partial charge on any atom is 0.128 e. The zero-order valence-corrected chi connectivity index (χ0v) is 11.4. The van der Waals surface area contributed by atoms with E-state index in [-0.39, 0.29) is 6.61 Å². The molecular formula is C14H14BrNO2. The Bertz CT molecular complexity index is 526. The van der Waals surface area contributed by atoms with Crippen LogP contribution in [0.25, 0.3) is 0 Å². The highest BCUT2D eigenvalue weighted by molar-refractivity contribution is 9.10. The Morgan fingerprint density at radius 1 is 1.06 bits per heavy atom. The number of halogens is 1. The highest BCUT2D eigenvalue weighted by Crippen LogP contribution is 2.27. The molecule has 0 saturated heterocycles. The molecule has 2 rings (SSSR count). The van der Waals surface area contributed by atoms with E-state index in [9.17, 15) is 0 Å². The van der Waals surface area contributed by atoms with E-state index in [0.29, 0.717) is 6.54 Å². The van der Waals surface area contributed by atoms with E-state index < -0.39 is 0 Å². The van der Waals surface area contributed by atoms with Crippen molar-refractivity contribution in [3.8, 4) is 11.5 Å². The maximum atomic E-state index is 8.95. The third-order valence-electron chi connectivity index (χ3n) is 2.59. The summed E-state index contributed by atoms with van der Waals surface area (Å²) in [5.74, 6) is 1.48. The molecule has 0 atom stereocenters. The normalized spacial score (nSPS) is 10.4. The molecule has 2 aromatic rings. The molecule has 4 heteroatoms. The predicted octanol–water partition coefficient (Wildman–Crippen LogP) is 3.19. The van der Waals surface area contributed by atoms with Gasteiger partial charge in [-0.05, 0) is 35.4 Å². The summed E-state index contributed by atoms with van der Waals surface area (Å²) >= 11 is 3.45. The van der Waals surface area contributed by atoms with Crippen LogP contribution < -0.4 is 10.5 Å². The van der Waals surface area contributed by atoms with Gasteiger partial charge in [-0.25, -0.2) is 0 Å². The van der Waals surface area contributed by atoms with Crippen molar-refractivity contribution in [1.82, 2.24) is 0 Å². The van der Waals surface area contributed by atoms with Crippen LogP contribution in [-0.4, -0.2) is 5.11 Å². The Kier molecular flexibility index (Phi) is 4.36. The van der Waals surface area contributed by atoms with Gasteiger partial charge in [-0.1, -0.05) is 34.1 Å². The lowest BCUT2D eigenvalue weighted by Gasteiger charge is -2.08. The molecule has 0 aromatic heterocycles. The van der Waals surface area contributed by atoms with Crippen molar-refractivity contribution in [3.05, 3.63) is 58.1 Å². The van der Waals surface area contributed by atoms with Gasteiger partial charge in [0.25, 0.3) is 0 Å². The quantitative estimate of drug-likeness (QED) is 0.912. The van der Waals surface area contributed by atoms with Crippen molar-refractivity contribution >= 4 is 15.9 Å². The minimum absolute atomic E-state index is 0.0387. The van der Waals surface area contributed by atoms with E-state index in [1.54, 1.807) is 0 Å². The van der Waals surface area contributed by atoms with E-state index in [2.05, 4.69) is 15.9 Å². The Hall–Kier alpha value is -1.36. The van der Waals surface area contributed by atoms with Gasteiger partial charge < -0.3 is 15.6 Å². The van der Waals surface area contributed by atoms with E-state index in [1.165, 1.54) is 0 Å². The van der Waals surface area contributed by atoms with Gasteiger partial charge in [0.2, 0.25) is 0 Å². The van der Waals surface area contributed by atoms with Crippen LogP contribution in [-0.2, 0) is 13.2 Å². The summed E-state index contributed by atoms with van der Waals surface area (Å²) in [6, 6.07) is 13.0. The number of benzene rings is 2. The summed E-state index contributed by atoms with van der Waals surface area (Å²) in [6.07, 6.45) is 0. The summed E-state index contributed by atoms with van der Waals surface area (Å²) < 4.78 is 6.65. The Morgan fingerprint density at radius 3 is 2.28 bits per heavy atom. The van der Waals surface area contributed by atoms with Crippen molar-refractivity contribution in [2.45, 2.75) is 13.2 Å². The van der Waals surface area contributed by atoms with Crippen molar-refractivity contribution in [1.29, 1.82) is 0 Å². The largest absolute Gasteiger partial charge is 0.457 e. The molecule has 0 heterocycles. The topological polar surface area (TPSA) is 55.5 Å².